The van der Waals surface area contributed by atoms with Crippen LogP contribution in [-0.2, 0) is 4.74 Å². The zero-order valence-electron chi connectivity index (χ0n) is 15.1. The fraction of sp³-hybridized carbons (Fsp3) is 0.238. The number of benzene rings is 1. The predicted octanol–water partition coefficient (Wildman–Crippen LogP) is 4.21. The Morgan fingerprint density at radius 3 is 2.59 bits per heavy atom. The molecule has 1 amide bonds. The fourth-order valence-corrected chi connectivity index (χ4v) is 3.90. The first-order valence-corrected chi connectivity index (χ1v) is 9.83. The molecular formula is C21H21N3O2S. The van der Waals surface area contributed by atoms with Crippen LogP contribution in [0.25, 0.3) is 11.1 Å². The van der Waals surface area contributed by atoms with Crippen molar-refractivity contribution in [3.8, 4) is 11.1 Å². The Hall–Kier alpha value is -2.70. The van der Waals surface area contributed by atoms with E-state index in [1.807, 2.05) is 35.7 Å². The normalized spacial score (nSPS) is 14.2. The van der Waals surface area contributed by atoms with Gasteiger partial charge in [-0.2, -0.15) is 0 Å². The van der Waals surface area contributed by atoms with Crippen molar-refractivity contribution in [3.05, 3.63) is 64.5 Å². The van der Waals surface area contributed by atoms with Crippen molar-refractivity contribution in [1.82, 2.24) is 4.98 Å². The van der Waals surface area contributed by atoms with Gasteiger partial charge in [0, 0.05) is 18.7 Å². The number of anilines is 2. The number of thiophene rings is 1. The summed E-state index contributed by atoms with van der Waals surface area (Å²) in [5, 5.41) is 4.86. The van der Waals surface area contributed by atoms with Gasteiger partial charge in [-0.15, -0.1) is 11.3 Å². The van der Waals surface area contributed by atoms with Gasteiger partial charge in [-0.1, -0.05) is 29.8 Å². The molecule has 27 heavy (non-hydrogen) atoms. The molecule has 0 unspecified atom stereocenters. The third-order valence-corrected chi connectivity index (χ3v) is 5.51. The van der Waals surface area contributed by atoms with Crippen LogP contribution in [0.1, 0.15) is 15.2 Å². The Balaban J connectivity index is 1.48. The number of nitrogens with zero attached hydrogens (tertiary/aromatic N) is 2. The molecule has 0 bridgehead atoms. The number of carbonyl (C=O) groups excluding carboxylic acids is 1. The van der Waals surface area contributed by atoms with Gasteiger partial charge >= 0.3 is 0 Å². The number of rotatable bonds is 4. The molecule has 0 saturated carbocycles. The highest BCUT2D eigenvalue weighted by molar-refractivity contribution is 7.12. The van der Waals surface area contributed by atoms with Crippen molar-refractivity contribution in [2.24, 2.45) is 0 Å². The summed E-state index contributed by atoms with van der Waals surface area (Å²) in [6.07, 6.45) is 1.80. The summed E-state index contributed by atoms with van der Waals surface area (Å²) in [4.78, 5) is 20.1. The van der Waals surface area contributed by atoms with Crippen molar-refractivity contribution >= 4 is 28.7 Å². The highest BCUT2D eigenvalue weighted by atomic mass is 32.1. The monoisotopic (exact) mass is 379 g/mol. The summed E-state index contributed by atoms with van der Waals surface area (Å²) in [7, 11) is 0. The molecule has 0 radical (unpaired) electrons. The molecule has 1 fully saturated rings. The number of hydrogen-bond donors (Lipinski definition) is 1. The van der Waals surface area contributed by atoms with Crippen LogP contribution in [0.4, 0.5) is 11.5 Å². The van der Waals surface area contributed by atoms with E-state index in [-0.39, 0.29) is 5.91 Å². The summed E-state index contributed by atoms with van der Waals surface area (Å²) >= 11 is 1.44. The number of amides is 1. The smallest absolute Gasteiger partial charge is 0.267 e. The van der Waals surface area contributed by atoms with Crippen LogP contribution in [0.3, 0.4) is 0 Å². The molecule has 6 heteroatoms. The van der Waals surface area contributed by atoms with Crippen molar-refractivity contribution in [1.29, 1.82) is 0 Å². The number of hydrogen-bond acceptors (Lipinski definition) is 5. The minimum Gasteiger partial charge on any atom is -0.378 e. The molecule has 0 aliphatic carbocycles. The van der Waals surface area contributed by atoms with Gasteiger partial charge < -0.3 is 15.0 Å². The molecule has 3 aromatic rings. The van der Waals surface area contributed by atoms with E-state index in [2.05, 4.69) is 34.3 Å². The quantitative estimate of drug-likeness (QED) is 0.738. The maximum atomic E-state index is 12.8. The summed E-state index contributed by atoms with van der Waals surface area (Å²) < 4.78 is 5.38. The number of pyridine rings is 1. The zero-order chi connectivity index (χ0) is 18.6. The van der Waals surface area contributed by atoms with Crippen LogP contribution in [-0.4, -0.2) is 37.2 Å². The number of carbonyl (C=O) groups is 1. The average Bonchev–Trinajstić information content (AvgIpc) is 3.20. The lowest BCUT2D eigenvalue weighted by molar-refractivity contribution is 0.103. The number of nitrogens with one attached hydrogen (secondary N) is 1. The Labute approximate surface area is 162 Å². The predicted molar refractivity (Wildman–Crippen MR) is 110 cm³/mol. The van der Waals surface area contributed by atoms with Gasteiger partial charge in [0.1, 0.15) is 10.7 Å². The fourth-order valence-electron chi connectivity index (χ4n) is 3.09. The van der Waals surface area contributed by atoms with Crippen LogP contribution < -0.4 is 10.2 Å². The van der Waals surface area contributed by atoms with Crippen LogP contribution in [0.5, 0.6) is 0 Å². The van der Waals surface area contributed by atoms with Crippen molar-refractivity contribution in [2.75, 3.05) is 36.5 Å². The Morgan fingerprint density at radius 1 is 1.11 bits per heavy atom. The molecule has 0 atom stereocenters. The van der Waals surface area contributed by atoms with Gasteiger partial charge in [-0.25, -0.2) is 4.98 Å². The van der Waals surface area contributed by atoms with Gasteiger partial charge in [0.2, 0.25) is 0 Å². The number of aryl methyl sites for hydroxylation is 1. The maximum Gasteiger partial charge on any atom is 0.267 e. The largest absolute Gasteiger partial charge is 0.378 e. The van der Waals surface area contributed by atoms with E-state index >= 15 is 0 Å². The van der Waals surface area contributed by atoms with Crippen molar-refractivity contribution in [3.63, 3.8) is 0 Å². The second kappa shape index (κ2) is 7.90. The average molecular weight is 379 g/mol. The maximum absolute atomic E-state index is 12.8. The van der Waals surface area contributed by atoms with E-state index in [0.717, 1.165) is 43.1 Å². The molecule has 1 aromatic carbocycles. The van der Waals surface area contributed by atoms with E-state index in [4.69, 9.17) is 4.74 Å². The molecule has 5 nitrogen and oxygen atoms in total. The molecule has 0 spiro atoms. The van der Waals surface area contributed by atoms with Gasteiger partial charge in [0.25, 0.3) is 5.91 Å². The lowest BCUT2D eigenvalue weighted by atomic mass is 10.0. The molecule has 3 heterocycles. The van der Waals surface area contributed by atoms with Crippen LogP contribution in [0, 0.1) is 6.92 Å². The minimum absolute atomic E-state index is 0.132. The Kier molecular flexibility index (Phi) is 5.18. The summed E-state index contributed by atoms with van der Waals surface area (Å²) in [6, 6.07) is 14.0. The van der Waals surface area contributed by atoms with E-state index in [1.54, 1.807) is 6.20 Å². The second-order valence-electron chi connectivity index (χ2n) is 6.48. The summed E-state index contributed by atoms with van der Waals surface area (Å²) in [5.74, 6) is 0.424. The standard InChI is InChI=1S/C21H21N3O2S/c1-15-2-4-16(5-3-15)18-8-13-27-20(18)21(25)23-19-7-6-17(14-22-19)24-9-11-26-12-10-24/h2-8,13-14H,9-12H2,1H3,(H,22,23,25). The molecular weight excluding hydrogens is 358 g/mol. The molecule has 1 aliphatic heterocycles. The Morgan fingerprint density at radius 2 is 1.89 bits per heavy atom. The number of morpholine rings is 1. The molecule has 138 valence electrons. The first-order valence-electron chi connectivity index (χ1n) is 8.95. The summed E-state index contributed by atoms with van der Waals surface area (Å²) in [5.41, 5.74) is 4.24. The van der Waals surface area contributed by atoms with Crippen molar-refractivity contribution < 1.29 is 9.53 Å². The third-order valence-electron chi connectivity index (χ3n) is 4.60. The van der Waals surface area contributed by atoms with E-state index in [0.29, 0.717) is 10.7 Å². The lowest BCUT2D eigenvalue weighted by Crippen LogP contribution is -2.36. The first kappa shape index (κ1) is 17.7. The second-order valence-corrected chi connectivity index (χ2v) is 7.40. The third kappa shape index (κ3) is 4.02. The molecule has 2 aromatic heterocycles. The van der Waals surface area contributed by atoms with E-state index < -0.39 is 0 Å². The van der Waals surface area contributed by atoms with Crippen LogP contribution in [0.15, 0.2) is 54.0 Å². The Bertz CT molecular complexity index is 913. The SMILES string of the molecule is Cc1ccc(-c2ccsc2C(=O)Nc2ccc(N3CCOCC3)cn2)cc1. The lowest BCUT2D eigenvalue weighted by Gasteiger charge is -2.28. The number of ether oxygens (including phenoxy) is 1. The van der Waals surface area contributed by atoms with Gasteiger partial charge in [-0.05, 0) is 36.1 Å². The van der Waals surface area contributed by atoms with E-state index in [9.17, 15) is 4.79 Å². The highest BCUT2D eigenvalue weighted by Crippen LogP contribution is 2.29. The summed E-state index contributed by atoms with van der Waals surface area (Å²) in [6.45, 7) is 5.25. The topological polar surface area (TPSA) is 54.5 Å². The molecule has 1 aliphatic rings. The molecule has 1 saturated heterocycles. The van der Waals surface area contributed by atoms with E-state index in [1.165, 1.54) is 16.9 Å². The van der Waals surface area contributed by atoms with Crippen LogP contribution >= 0.6 is 11.3 Å². The van der Waals surface area contributed by atoms with Crippen molar-refractivity contribution in [2.45, 2.75) is 6.92 Å². The highest BCUT2D eigenvalue weighted by Gasteiger charge is 2.16. The van der Waals surface area contributed by atoms with Gasteiger partial charge in [-0.3, -0.25) is 4.79 Å². The van der Waals surface area contributed by atoms with Crippen LogP contribution in [0.2, 0.25) is 0 Å². The van der Waals surface area contributed by atoms with Gasteiger partial charge in [0.15, 0.2) is 0 Å². The zero-order valence-corrected chi connectivity index (χ0v) is 16.0. The minimum atomic E-state index is -0.132. The molecule has 4 rings (SSSR count). The molecule has 1 N–H and O–H groups in total. The van der Waals surface area contributed by atoms with Gasteiger partial charge in [0.05, 0.1) is 25.1 Å². The number of aromatic nitrogens is 1. The first-order chi connectivity index (χ1) is 13.2.